The Bertz CT molecular complexity index is 275. The van der Waals surface area contributed by atoms with E-state index in [1.54, 1.807) is 0 Å². The molecule has 0 heterocycles. The summed E-state index contributed by atoms with van der Waals surface area (Å²) in [6.45, 7) is -12.6. The fourth-order valence-corrected chi connectivity index (χ4v) is 0. The van der Waals surface area contributed by atoms with Crippen LogP contribution in [0.1, 0.15) is 50.8 Å². The summed E-state index contributed by atoms with van der Waals surface area (Å²) >= 11 is 0. The van der Waals surface area contributed by atoms with Gasteiger partial charge in [0.05, 0.1) is 0 Å². The van der Waals surface area contributed by atoms with Gasteiger partial charge in [-0.1, -0.05) is 34.3 Å². The third kappa shape index (κ3) is 2.67. The smallest absolute Gasteiger partial charge is 0.0236 e. The molecule has 0 radical (unpaired) electrons. The van der Waals surface area contributed by atoms with Crippen LogP contribution < -0.4 is 0 Å². The van der Waals surface area contributed by atoms with E-state index in [1.807, 2.05) is 0 Å². The lowest BCUT2D eigenvalue weighted by Gasteiger charge is -2.22. The van der Waals surface area contributed by atoms with Crippen LogP contribution in [0.4, 0.5) is 0 Å². The Morgan fingerprint density at radius 3 is 2.14 bits per heavy atom. The first-order valence-electron chi connectivity index (χ1n) is 7.90. The molecule has 0 amide bonds. The van der Waals surface area contributed by atoms with E-state index in [9.17, 15) is 0 Å². The van der Waals surface area contributed by atoms with Crippen molar-refractivity contribution in [2.24, 2.45) is 11.3 Å². The van der Waals surface area contributed by atoms with Gasteiger partial charge in [0.2, 0.25) is 0 Å². The molecule has 0 aromatic heterocycles. The summed E-state index contributed by atoms with van der Waals surface area (Å²) in [5.74, 6) is -2.05. The van der Waals surface area contributed by atoms with Crippen molar-refractivity contribution in [1.29, 1.82) is 0 Å². The quantitative estimate of drug-likeness (QED) is 0.452. The SMILES string of the molecule is [2H]C([2H])([2H])C(C)C(C([2H])([2H])[2H])(C([2H])([2H])[2H])C([2H])([2H])[2H]. The van der Waals surface area contributed by atoms with Gasteiger partial charge < -0.3 is 0 Å². The fourth-order valence-electron chi connectivity index (χ4n) is 0. The zero-order valence-electron chi connectivity index (χ0n) is 16.1. The molecule has 0 aliphatic rings. The molecule has 0 saturated heterocycles. The minimum absolute atomic E-state index is 0.831. The van der Waals surface area contributed by atoms with E-state index in [-0.39, 0.29) is 0 Å². The standard InChI is InChI=1S/C7H16/c1-6(2)7(3,4)5/h6H,1-5H3/i1D3,3D3,4D3,5D3. The van der Waals surface area contributed by atoms with E-state index in [0.29, 0.717) is 0 Å². The van der Waals surface area contributed by atoms with E-state index in [4.69, 9.17) is 16.4 Å². The molecular formula is C7H16. The zero-order chi connectivity index (χ0) is 16.1. The van der Waals surface area contributed by atoms with Gasteiger partial charge in [-0.2, -0.15) is 0 Å². The summed E-state index contributed by atoms with van der Waals surface area (Å²) in [7, 11) is 0. The Morgan fingerprint density at radius 1 is 1.43 bits per heavy atom. The van der Waals surface area contributed by atoms with Crippen molar-refractivity contribution in [3.63, 3.8) is 0 Å². The topological polar surface area (TPSA) is 0 Å². The molecule has 7 heavy (non-hydrogen) atoms. The summed E-state index contributed by atoms with van der Waals surface area (Å²) in [5, 5.41) is 0. The molecule has 1 unspecified atom stereocenters. The average Bonchev–Trinajstić information content (AvgIpc) is 1.92. The Balaban J connectivity index is 6.45. The maximum Gasteiger partial charge on any atom is 0.0236 e. The van der Waals surface area contributed by atoms with Gasteiger partial charge in [0, 0.05) is 16.4 Å². The van der Waals surface area contributed by atoms with Crippen LogP contribution in [0.2, 0.25) is 0 Å². The molecule has 0 fully saturated rings. The highest BCUT2D eigenvalue weighted by Gasteiger charge is 2.13. The summed E-state index contributed by atoms with van der Waals surface area (Å²) in [5.41, 5.74) is -3.31. The van der Waals surface area contributed by atoms with Crippen molar-refractivity contribution in [1.82, 2.24) is 0 Å². The van der Waals surface area contributed by atoms with E-state index in [1.165, 1.54) is 0 Å². The summed E-state index contributed by atoms with van der Waals surface area (Å²) in [6, 6.07) is 0. The predicted octanol–water partition coefficient (Wildman–Crippen LogP) is 2.69. The molecule has 0 spiro atoms. The third-order valence-electron chi connectivity index (χ3n) is 0.650. The third-order valence-corrected chi connectivity index (χ3v) is 0.650. The second-order valence-electron chi connectivity index (χ2n) is 1.53. The van der Waals surface area contributed by atoms with Crippen molar-refractivity contribution in [3.05, 3.63) is 0 Å². The Morgan fingerprint density at radius 2 is 2.00 bits per heavy atom. The highest BCUT2D eigenvalue weighted by Crippen LogP contribution is 2.23. The molecular weight excluding hydrogens is 84.1 g/mol. The van der Waals surface area contributed by atoms with E-state index >= 15 is 0 Å². The van der Waals surface area contributed by atoms with Gasteiger partial charge in [-0.05, 0) is 11.3 Å². The molecule has 0 bridgehead atoms. The van der Waals surface area contributed by atoms with Crippen molar-refractivity contribution >= 4 is 0 Å². The molecule has 0 saturated carbocycles. The summed E-state index contributed by atoms with van der Waals surface area (Å²) < 4.78 is 87.5. The van der Waals surface area contributed by atoms with Gasteiger partial charge in [0.15, 0.2) is 0 Å². The molecule has 0 heteroatoms. The highest BCUT2D eigenvalue weighted by atomic mass is 14.2. The van der Waals surface area contributed by atoms with Crippen LogP contribution in [-0.4, -0.2) is 0 Å². The maximum atomic E-state index is 7.32. The highest BCUT2D eigenvalue weighted by molar-refractivity contribution is 4.64. The first-order valence-corrected chi connectivity index (χ1v) is 1.90. The number of hydrogen-bond donors (Lipinski definition) is 0. The second kappa shape index (κ2) is 1.85. The van der Waals surface area contributed by atoms with Crippen LogP contribution in [0, 0.1) is 11.3 Å². The van der Waals surface area contributed by atoms with Crippen molar-refractivity contribution in [3.8, 4) is 0 Å². The fraction of sp³-hybridized carbons (Fsp3) is 1.00. The lowest BCUT2D eigenvalue weighted by Crippen LogP contribution is -2.12. The molecule has 0 aliphatic carbocycles. The molecule has 0 aromatic rings. The lowest BCUT2D eigenvalue weighted by molar-refractivity contribution is 0.283. The van der Waals surface area contributed by atoms with Gasteiger partial charge in [-0.15, -0.1) is 0 Å². The van der Waals surface area contributed by atoms with Crippen LogP contribution in [0.5, 0.6) is 0 Å². The lowest BCUT2D eigenvalue weighted by atomic mass is 9.84. The summed E-state index contributed by atoms with van der Waals surface area (Å²) in [6.07, 6.45) is 0. The Hall–Kier alpha value is 0. The predicted molar refractivity (Wildman–Crippen MR) is 34.3 cm³/mol. The minimum atomic E-state index is -3.47. The van der Waals surface area contributed by atoms with Crippen molar-refractivity contribution in [2.75, 3.05) is 0 Å². The number of rotatable bonds is 0. The second-order valence-corrected chi connectivity index (χ2v) is 1.53. The van der Waals surface area contributed by atoms with E-state index < -0.39 is 38.7 Å². The van der Waals surface area contributed by atoms with Crippen LogP contribution >= 0.6 is 0 Å². The first kappa shape index (κ1) is 0.778. The van der Waals surface area contributed by atoms with Gasteiger partial charge >= 0.3 is 0 Å². The van der Waals surface area contributed by atoms with Crippen molar-refractivity contribution in [2.45, 2.75) is 34.3 Å². The summed E-state index contributed by atoms with van der Waals surface area (Å²) in [4.78, 5) is 0. The largest absolute Gasteiger partial charge is 0.0623 e. The number of hydrogen-bond acceptors (Lipinski definition) is 0. The molecule has 1 atom stereocenters. The first-order chi connectivity index (χ1) is 7.90. The molecule has 44 valence electrons. The zero-order valence-corrected chi connectivity index (χ0v) is 4.08. The van der Waals surface area contributed by atoms with Gasteiger partial charge in [-0.3, -0.25) is 0 Å². The minimum Gasteiger partial charge on any atom is -0.0623 e. The molecule has 0 rings (SSSR count). The van der Waals surface area contributed by atoms with Gasteiger partial charge in [-0.25, -0.2) is 0 Å². The monoisotopic (exact) mass is 112 g/mol. The van der Waals surface area contributed by atoms with Gasteiger partial charge in [0.1, 0.15) is 0 Å². The molecule has 0 aromatic carbocycles. The van der Waals surface area contributed by atoms with Crippen LogP contribution in [0.3, 0.4) is 0 Å². The molecule has 0 N–H and O–H groups in total. The maximum absolute atomic E-state index is 7.32. The molecule has 0 nitrogen and oxygen atoms in total. The van der Waals surface area contributed by atoms with E-state index in [0.717, 1.165) is 6.92 Å². The van der Waals surface area contributed by atoms with Crippen LogP contribution in [-0.2, 0) is 0 Å². The van der Waals surface area contributed by atoms with Crippen LogP contribution in [0.15, 0.2) is 0 Å². The van der Waals surface area contributed by atoms with E-state index in [2.05, 4.69) is 0 Å². The Kier molecular flexibility index (Phi) is 0.206. The molecule has 0 aliphatic heterocycles. The normalized spacial score (nSPS) is 49.3. The average molecular weight is 112 g/mol. The Labute approximate surface area is 63.8 Å². The van der Waals surface area contributed by atoms with Gasteiger partial charge in [0.25, 0.3) is 0 Å². The van der Waals surface area contributed by atoms with Crippen LogP contribution in [0.25, 0.3) is 0 Å². The van der Waals surface area contributed by atoms with Crippen molar-refractivity contribution < 1.29 is 16.4 Å².